The molecule has 0 spiro atoms. The first kappa shape index (κ1) is 66.1. The second-order valence-electron chi connectivity index (χ2n) is 27.6. The monoisotopic (exact) mass is 1350 g/mol. The lowest BCUT2D eigenvalue weighted by molar-refractivity contribution is 0.463. The molecule has 2 aliphatic heterocycles. The molecule has 0 saturated heterocycles. The number of ether oxygens (including phenoxy) is 4. The molecule has 12 nitrogen and oxygen atoms in total. The Morgan fingerprint density at radius 3 is 0.688 bits per heavy atom. The van der Waals surface area contributed by atoms with Crippen molar-refractivity contribution in [1.82, 2.24) is 39.9 Å². The summed E-state index contributed by atoms with van der Waals surface area (Å²) in [7, 11) is 0. The Bertz CT molecular complexity index is 4700. The van der Waals surface area contributed by atoms with Gasteiger partial charge in [-0.05, 0) is 140 Å². The predicted octanol–water partition coefficient (Wildman–Crippen LogP) is 25.6. The molecule has 0 unspecified atom stereocenters. The van der Waals surface area contributed by atoms with E-state index >= 15 is 0 Å². The van der Waals surface area contributed by atoms with Crippen LogP contribution in [0.3, 0.4) is 0 Å². The van der Waals surface area contributed by atoms with Gasteiger partial charge in [0.25, 0.3) is 0 Å². The van der Waals surface area contributed by atoms with Crippen molar-refractivity contribution >= 4 is 90.5 Å². The number of hydrogen-bond acceptors (Lipinski definition) is 10. The van der Waals surface area contributed by atoms with Crippen molar-refractivity contribution in [2.24, 2.45) is 0 Å². The highest BCUT2D eigenvalue weighted by Gasteiger charge is 2.30. The van der Waals surface area contributed by atoms with Crippen LogP contribution in [0.5, 0.6) is 46.0 Å². The highest BCUT2D eigenvalue weighted by Crippen LogP contribution is 2.50. The molecule has 11 aromatic rings. The number of nitrogens with zero attached hydrogens (tertiary/aromatic N) is 6. The van der Waals surface area contributed by atoms with Gasteiger partial charge in [0.15, 0.2) is 23.3 Å². The van der Waals surface area contributed by atoms with Crippen molar-refractivity contribution in [2.75, 3.05) is 0 Å². The number of aromatic nitrogens is 8. The molecule has 8 aromatic carbocycles. The van der Waals surface area contributed by atoms with Crippen LogP contribution in [0.4, 0.5) is 0 Å². The summed E-state index contributed by atoms with van der Waals surface area (Å²) in [4.78, 5) is 39.8. The first-order chi connectivity index (χ1) is 45.8. The van der Waals surface area contributed by atoms with Crippen LogP contribution in [0.15, 0.2) is 121 Å². The lowest BCUT2D eigenvalue weighted by Crippen LogP contribution is -2.01. The van der Waals surface area contributed by atoms with Gasteiger partial charge in [-0.1, -0.05) is 230 Å². The molecule has 13 rings (SSSR count). The number of aromatic amines is 2. The van der Waals surface area contributed by atoms with Crippen LogP contribution in [0, 0.1) is 0 Å². The van der Waals surface area contributed by atoms with Crippen molar-refractivity contribution in [3.63, 3.8) is 0 Å². The molecule has 490 valence electrons. The number of nitrogens with one attached hydrogen (secondary N) is 2. The van der Waals surface area contributed by atoms with Gasteiger partial charge in [-0.2, -0.15) is 0 Å². The number of hydrogen-bond donors (Lipinski definition) is 2. The van der Waals surface area contributed by atoms with Crippen molar-refractivity contribution in [3.05, 3.63) is 186 Å². The third-order valence-electron chi connectivity index (χ3n) is 18.2. The molecule has 0 aliphatic carbocycles. The van der Waals surface area contributed by atoms with E-state index in [-0.39, 0.29) is 47.3 Å². The maximum atomic E-state index is 7.47. The maximum Gasteiger partial charge on any atom is 0.164 e. The molecule has 8 bridgehead atoms. The average molecular weight is 1360 g/mol. The fourth-order valence-corrected chi connectivity index (χ4v) is 13.8. The zero-order chi connectivity index (χ0) is 68.0. The summed E-state index contributed by atoms with van der Waals surface area (Å²) in [6, 6.07) is 40.2. The van der Waals surface area contributed by atoms with Crippen molar-refractivity contribution < 1.29 is 18.9 Å². The van der Waals surface area contributed by atoms with Crippen molar-refractivity contribution in [3.8, 4) is 91.5 Å². The average Bonchev–Trinajstić information content (AvgIpc) is 1.59. The van der Waals surface area contributed by atoms with Gasteiger partial charge in [0.1, 0.15) is 68.6 Å². The zero-order valence-corrected chi connectivity index (χ0v) is 60.0. The Morgan fingerprint density at radius 2 is 0.458 bits per heavy atom. The third kappa shape index (κ3) is 12.2. The zero-order valence-electron chi connectivity index (χ0n) is 57.0. The Morgan fingerprint density at radius 1 is 0.260 bits per heavy atom. The summed E-state index contributed by atoms with van der Waals surface area (Å²) in [5, 5.41) is 3.95. The minimum atomic E-state index is 0.150. The topological polar surface area (TPSA) is 146 Å². The minimum absolute atomic E-state index is 0.150. The normalized spacial score (nSPS) is 12.3. The van der Waals surface area contributed by atoms with E-state index in [0.29, 0.717) is 133 Å². The molecule has 0 atom stereocenters. The molecule has 0 saturated carbocycles. The van der Waals surface area contributed by atoms with Crippen LogP contribution in [-0.4, -0.2) is 39.9 Å². The van der Waals surface area contributed by atoms with Crippen LogP contribution in [-0.2, 0) is 0 Å². The van der Waals surface area contributed by atoms with E-state index in [0.717, 1.165) is 67.5 Å². The van der Waals surface area contributed by atoms with E-state index in [4.69, 9.17) is 95.3 Å². The number of rotatable bonds is 16. The maximum absolute atomic E-state index is 7.47. The van der Waals surface area contributed by atoms with Gasteiger partial charge >= 0.3 is 0 Å². The summed E-state index contributed by atoms with van der Waals surface area (Å²) < 4.78 is 28.2. The van der Waals surface area contributed by atoms with E-state index in [1.807, 2.05) is 48.5 Å². The standard InChI is InChI=1S/C80H78Cl4N8O4/c1-37(2)45-21-17-22-46(38(3)4)69(45)93-65-33-57-53(29-61(65)81)73-85-74-55-31-63(83)67(95-71-49(41(9)10)25-19-26-50(71)42(11)12)35-59(55)79(89-74)92-80-60-36-68(96-72-51(43(13)14)27-20-28-52(72)44(15)16)64(84)32-56(60)76(90-80)86-75-54-30-62(82)66(34-58(54)78(88-75)91-77(57)87-73)94-70-47(39(5)6)23-18-24-48(70)40(7)8/h17-44H,1-16H3,(H2,85,86,87,88,89,90,91,92). The molecule has 0 fully saturated rings. The Labute approximate surface area is 581 Å². The van der Waals surface area contributed by atoms with Crippen LogP contribution < -0.4 is 18.9 Å². The number of fused-ring (bicyclic) bond motifs is 20. The van der Waals surface area contributed by atoms with Crippen molar-refractivity contribution in [1.29, 1.82) is 0 Å². The van der Waals surface area contributed by atoms with Gasteiger partial charge in [-0.25, -0.2) is 29.9 Å². The third-order valence-corrected chi connectivity index (χ3v) is 19.3. The number of para-hydroxylation sites is 4. The Hall–Kier alpha value is -8.52. The molecule has 2 N–H and O–H groups in total. The van der Waals surface area contributed by atoms with Crippen molar-refractivity contribution in [2.45, 2.75) is 158 Å². The number of benzene rings is 8. The van der Waals surface area contributed by atoms with E-state index < -0.39 is 0 Å². The molecular weight excluding hydrogens is 1280 g/mol. The molecule has 0 radical (unpaired) electrons. The highest BCUT2D eigenvalue weighted by atomic mass is 35.5. The summed E-state index contributed by atoms with van der Waals surface area (Å²) in [6.07, 6.45) is 0. The largest absolute Gasteiger partial charge is 0.455 e. The van der Waals surface area contributed by atoms with Gasteiger partial charge in [-0.15, -0.1) is 0 Å². The van der Waals surface area contributed by atoms with E-state index in [1.54, 1.807) is 0 Å². The predicted molar refractivity (Wildman–Crippen MR) is 395 cm³/mol. The second-order valence-corrected chi connectivity index (χ2v) is 29.3. The van der Waals surface area contributed by atoms with Crippen LogP contribution in [0.2, 0.25) is 20.1 Å². The fourth-order valence-electron chi connectivity index (χ4n) is 12.9. The van der Waals surface area contributed by atoms with Gasteiger partial charge in [0.2, 0.25) is 0 Å². The minimum Gasteiger partial charge on any atom is -0.455 e. The highest BCUT2D eigenvalue weighted by molar-refractivity contribution is 6.34. The van der Waals surface area contributed by atoms with Gasteiger partial charge in [0, 0.05) is 43.8 Å². The summed E-state index contributed by atoms with van der Waals surface area (Å²) in [6.45, 7) is 34.5. The molecule has 16 heteroatoms. The summed E-state index contributed by atoms with van der Waals surface area (Å²) in [5.41, 5.74) is 12.5. The Kier molecular flexibility index (Phi) is 18.0. The lowest BCUT2D eigenvalue weighted by Gasteiger charge is -2.20. The molecule has 96 heavy (non-hydrogen) atoms. The molecule has 0 amide bonds. The van der Waals surface area contributed by atoms with Gasteiger partial charge < -0.3 is 28.9 Å². The molecular formula is C80H78Cl4N8O4. The first-order valence-corrected chi connectivity index (χ1v) is 34.7. The fraction of sp³-hybridized carbons (Fsp3) is 0.300. The van der Waals surface area contributed by atoms with Crippen LogP contribution in [0.25, 0.3) is 89.7 Å². The SMILES string of the molecule is CC(C)c1cccc(C(C)C)c1Oc1cc2c(cc1Cl)-c1nc-2nc2[nH]c(nc3nc(nc4[nH]c(n1)c1cc(Cl)c(Oc5c(C(C)C)cccc5C(C)C)cc41)-c1cc(Oc4c(C(C)C)cccc4C(C)C)c(Cl)cc1-3)c1cc(Cl)c(Oc3c(C(C)C)cccc3C(C)C)cc21. The van der Waals surface area contributed by atoms with E-state index in [2.05, 4.69) is 194 Å². The first-order valence-electron chi connectivity index (χ1n) is 33.2. The van der Waals surface area contributed by atoms with E-state index in [9.17, 15) is 0 Å². The number of halogens is 4. The summed E-state index contributed by atoms with van der Waals surface area (Å²) in [5.74, 6) is 7.18. The molecule has 2 aliphatic rings. The second kappa shape index (κ2) is 26.1. The molecule has 3 aromatic heterocycles. The van der Waals surface area contributed by atoms with E-state index in [1.165, 1.54) is 0 Å². The lowest BCUT2D eigenvalue weighted by atomic mass is 9.94. The van der Waals surface area contributed by atoms with Gasteiger partial charge in [-0.3, -0.25) is 0 Å². The smallest absolute Gasteiger partial charge is 0.164 e. The Balaban J connectivity index is 1.13. The van der Waals surface area contributed by atoms with Gasteiger partial charge in [0.05, 0.1) is 20.1 Å². The quantitative estimate of drug-likeness (QED) is 0.0959. The van der Waals surface area contributed by atoms with Crippen LogP contribution >= 0.6 is 46.4 Å². The molecule has 5 heterocycles. The summed E-state index contributed by atoms with van der Waals surface area (Å²) >= 11 is 29.9. The number of H-pyrrole nitrogens is 2. The van der Waals surface area contributed by atoms with Crippen LogP contribution in [0.1, 0.15) is 203 Å².